The third-order valence-electron chi connectivity index (χ3n) is 3.69. The van der Waals surface area contributed by atoms with E-state index in [-0.39, 0.29) is 30.6 Å². The van der Waals surface area contributed by atoms with Crippen molar-refractivity contribution < 1.29 is 13.5 Å². The predicted octanol–water partition coefficient (Wildman–Crippen LogP) is 7.05. The summed E-state index contributed by atoms with van der Waals surface area (Å²) in [6, 6.07) is 8.81. The van der Waals surface area contributed by atoms with E-state index in [1.165, 1.54) is 29.2 Å². The number of nitrogens with zero attached hydrogens (tertiary/aromatic N) is 3. The van der Waals surface area contributed by atoms with Gasteiger partial charge >= 0.3 is 0 Å². The molecule has 1 N–H and O–H groups in total. The molecule has 0 unspecified atom stereocenters. The summed E-state index contributed by atoms with van der Waals surface area (Å²) in [6.45, 7) is 1.89. The average Bonchev–Trinajstić information content (AvgIpc) is 3.12. The minimum Gasteiger partial charge on any atom is -0.450 e. The molecule has 0 aliphatic heterocycles. The van der Waals surface area contributed by atoms with Crippen LogP contribution in [-0.2, 0) is 0 Å². The third-order valence-corrected chi connectivity index (χ3v) is 5.60. The molecule has 0 fully saturated rings. The minimum atomic E-state index is -0.785. The van der Waals surface area contributed by atoms with E-state index >= 15 is 0 Å². The normalized spacial score (nSPS) is 10.0. The van der Waals surface area contributed by atoms with E-state index in [9.17, 15) is 8.78 Å². The van der Waals surface area contributed by atoms with Crippen molar-refractivity contribution in [3.8, 4) is 11.5 Å². The molecular weight excluding hydrogens is 485 g/mol. The molecule has 11 heteroatoms. The maximum atomic E-state index is 14.1. The average molecular weight is 501 g/mol. The fraction of sp³-hybridized carbons (Fsp3) is 0.0500. The first-order valence-electron chi connectivity index (χ1n) is 8.47. The van der Waals surface area contributed by atoms with Crippen LogP contribution in [0, 0.1) is 18.6 Å². The van der Waals surface area contributed by atoms with Crippen LogP contribution in [0.1, 0.15) is 5.69 Å². The molecule has 3 heterocycles. The van der Waals surface area contributed by atoms with E-state index in [0.717, 1.165) is 22.7 Å². The molecule has 162 valence electrons. The number of para-hydroxylation sites is 1. The van der Waals surface area contributed by atoms with Crippen LogP contribution >= 0.6 is 47.9 Å². The van der Waals surface area contributed by atoms with Crippen molar-refractivity contribution in [3.63, 3.8) is 0 Å². The topological polar surface area (TPSA) is 59.9 Å². The Bertz CT molecular complexity index is 1130. The van der Waals surface area contributed by atoms with Gasteiger partial charge in [0.15, 0.2) is 22.5 Å². The Morgan fingerprint density at radius 3 is 2.42 bits per heavy atom. The highest BCUT2D eigenvalue weighted by atomic mass is 35.5. The second-order valence-corrected chi connectivity index (χ2v) is 7.85. The molecule has 0 aliphatic carbocycles. The minimum absolute atomic E-state index is 0. The summed E-state index contributed by atoms with van der Waals surface area (Å²) >= 11 is 2.78. The predicted molar refractivity (Wildman–Crippen MR) is 124 cm³/mol. The molecular formula is C20H16Cl2F2N4OS2. The van der Waals surface area contributed by atoms with E-state index in [4.69, 9.17) is 4.74 Å². The SMILES string of the molecule is Cc1csc(Nc2cc(Oc3c(F)cccc3F)c(Sc3ccncc3)cn2)n1.Cl.Cl. The molecule has 0 bridgehead atoms. The van der Waals surface area contributed by atoms with Crippen LogP contribution in [0.4, 0.5) is 19.7 Å². The highest BCUT2D eigenvalue weighted by molar-refractivity contribution is 7.99. The quantitative estimate of drug-likeness (QED) is 0.306. The Hall–Kier alpha value is -2.46. The van der Waals surface area contributed by atoms with Crippen LogP contribution in [0.5, 0.6) is 11.5 Å². The van der Waals surface area contributed by atoms with E-state index in [2.05, 4.69) is 20.3 Å². The smallest absolute Gasteiger partial charge is 0.198 e. The number of hydrogen-bond donors (Lipinski definition) is 1. The Balaban J connectivity index is 0.00000171. The van der Waals surface area contributed by atoms with Gasteiger partial charge in [0.2, 0.25) is 0 Å². The van der Waals surface area contributed by atoms with Crippen molar-refractivity contribution in [2.45, 2.75) is 16.7 Å². The summed E-state index contributed by atoms with van der Waals surface area (Å²) in [5.74, 6) is -1.32. The summed E-state index contributed by atoms with van der Waals surface area (Å²) in [7, 11) is 0. The van der Waals surface area contributed by atoms with Gasteiger partial charge in [0.1, 0.15) is 11.6 Å². The van der Waals surface area contributed by atoms with E-state index < -0.39 is 17.4 Å². The van der Waals surface area contributed by atoms with Crippen molar-refractivity contribution in [1.82, 2.24) is 15.0 Å². The van der Waals surface area contributed by atoms with Crippen LogP contribution in [0.3, 0.4) is 0 Å². The fourth-order valence-electron chi connectivity index (χ4n) is 2.39. The molecule has 5 nitrogen and oxygen atoms in total. The highest BCUT2D eigenvalue weighted by Gasteiger charge is 2.16. The molecule has 0 saturated heterocycles. The van der Waals surface area contributed by atoms with E-state index in [1.54, 1.807) is 24.7 Å². The van der Waals surface area contributed by atoms with Crippen molar-refractivity contribution >= 4 is 58.9 Å². The first-order chi connectivity index (χ1) is 14.1. The van der Waals surface area contributed by atoms with Gasteiger partial charge in [0, 0.05) is 34.9 Å². The largest absolute Gasteiger partial charge is 0.450 e. The number of anilines is 2. The summed E-state index contributed by atoms with van der Waals surface area (Å²) in [4.78, 5) is 14.2. The lowest BCUT2D eigenvalue weighted by Gasteiger charge is -2.13. The molecule has 4 rings (SSSR count). The Morgan fingerprint density at radius 1 is 1.06 bits per heavy atom. The van der Waals surface area contributed by atoms with E-state index in [0.29, 0.717) is 15.8 Å². The second kappa shape index (κ2) is 11.2. The Morgan fingerprint density at radius 2 is 1.77 bits per heavy atom. The number of rotatable bonds is 6. The van der Waals surface area contributed by atoms with Gasteiger partial charge in [-0.05, 0) is 31.2 Å². The monoisotopic (exact) mass is 500 g/mol. The molecule has 0 aliphatic rings. The zero-order valence-electron chi connectivity index (χ0n) is 15.9. The lowest BCUT2D eigenvalue weighted by molar-refractivity contribution is 0.400. The molecule has 0 spiro atoms. The number of ether oxygens (including phenoxy) is 1. The number of thiazole rings is 1. The van der Waals surface area contributed by atoms with Gasteiger partial charge in [0.05, 0.1) is 10.6 Å². The Kier molecular flexibility index (Phi) is 9.00. The molecule has 0 radical (unpaired) electrons. The molecule has 0 saturated carbocycles. The van der Waals surface area contributed by atoms with Crippen LogP contribution in [0.15, 0.2) is 70.2 Å². The van der Waals surface area contributed by atoms with Crippen molar-refractivity contribution in [3.05, 3.63) is 77.7 Å². The van der Waals surface area contributed by atoms with Crippen molar-refractivity contribution in [2.75, 3.05) is 5.32 Å². The zero-order valence-corrected chi connectivity index (χ0v) is 19.2. The van der Waals surface area contributed by atoms with Crippen molar-refractivity contribution in [2.24, 2.45) is 0 Å². The van der Waals surface area contributed by atoms with E-state index in [1.807, 2.05) is 24.4 Å². The summed E-state index contributed by atoms with van der Waals surface area (Å²) in [5.41, 5.74) is 0.882. The van der Waals surface area contributed by atoms with Crippen molar-refractivity contribution in [1.29, 1.82) is 0 Å². The molecule has 3 aromatic heterocycles. The maximum Gasteiger partial charge on any atom is 0.198 e. The van der Waals surface area contributed by atoms with Gasteiger partial charge in [-0.3, -0.25) is 4.98 Å². The van der Waals surface area contributed by atoms with Gasteiger partial charge < -0.3 is 10.1 Å². The van der Waals surface area contributed by atoms with Gasteiger partial charge in [-0.2, -0.15) is 0 Å². The lowest BCUT2D eigenvalue weighted by atomic mass is 10.3. The fourth-order valence-corrected chi connectivity index (χ4v) is 3.91. The standard InChI is InChI=1S/C20H14F2N4OS2.2ClH/c1-12-11-28-20(25-12)26-18-9-16(27-19-14(21)3-2-4-15(19)22)17(10-24-18)29-13-5-7-23-8-6-13;;/h2-11H,1H3,(H,24,25,26);2*1H. The summed E-state index contributed by atoms with van der Waals surface area (Å²) in [5, 5.41) is 5.65. The maximum absolute atomic E-state index is 14.1. The molecule has 0 amide bonds. The molecule has 1 aromatic carbocycles. The van der Waals surface area contributed by atoms with Gasteiger partial charge in [-0.15, -0.1) is 36.2 Å². The number of hydrogen-bond acceptors (Lipinski definition) is 7. The van der Waals surface area contributed by atoms with Crippen LogP contribution < -0.4 is 10.1 Å². The number of nitrogens with one attached hydrogen (secondary N) is 1. The number of benzene rings is 1. The number of aromatic nitrogens is 3. The summed E-state index contributed by atoms with van der Waals surface area (Å²) < 4.78 is 33.9. The highest BCUT2D eigenvalue weighted by Crippen LogP contribution is 2.39. The number of pyridine rings is 2. The van der Waals surface area contributed by atoms with Gasteiger partial charge in [-0.25, -0.2) is 18.7 Å². The molecule has 0 atom stereocenters. The zero-order chi connectivity index (χ0) is 20.2. The number of aryl methyl sites for hydroxylation is 1. The van der Waals surface area contributed by atoms with Crippen LogP contribution in [0.25, 0.3) is 0 Å². The van der Waals surface area contributed by atoms with Crippen LogP contribution in [0.2, 0.25) is 0 Å². The third kappa shape index (κ3) is 6.27. The second-order valence-electron chi connectivity index (χ2n) is 5.87. The molecule has 4 aromatic rings. The van der Waals surface area contributed by atoms with Crippen LogP contribution in [-0.4, -0.2) is 15.0 Å². The molecule has 31 heavy (non-hydrogen) atoms. The van der Waals surface area contributed by atoms with Gasteiger partial charge in [-0.1, -0.05) is 17.8 Å². The number of halogens is 4. The first kappa shape index (κ1) is 24.8. The summed E-state index contributed by atoms with van der Waals surface area (Å²) in [6.07, 6.45) is 4.91. The lowest BCUT2D eigenvalue weighted by Crippen LogP contribution is -1.98. The first-order valence-corrected chi connectivity index (χ1v) is 10.2. The van der Waals surface area contributed by atoms with Gasteiger partial charge in [0.25, 0.3) is 0 Å². The Labute approximate surface area is 198 Å².